The van der Waals surface area contributed by atoms with E-state index < -0.39 is 60.2 Å². The second kappa shape index (κ2) is 16.5. The van der Waals surface area contributed by atoms with Crippen LogP contribution in [0.4, 0.5) is 0 Å². The zero-order chi connectivity index (χ0) is 26.3. The number of carbonyl (C=O) groups is 5. The minimum absolute atomic E-state index is 0.00739. The Morgan fingerprint density at radius 3 is 2.00 bits per heavy atom. The quantitative estimate of drug-likeness (QED) is 0.104. The minimum atomic E-state index is -1.45. The number of aliphatic carboxylic acids is 1. The number of hydrogen-bond acceptors (Lipinski definition) is 8. The third-order valence-electron chi connectivity index (χ3n) is 4.80. The molecular weight excluding hydrogens is 448 g/mol. The summed E-state index contributed by atoms with van der Waals surface area (Å²) >= 11 is 0. The highest BCUT2D eigenvalue weighted by atomic mass is 16.4. The fraction of sp³-hybridized carbons (Fsp3) is 0.714. The van der Waals surface area contributed by atoms with Crippen molar-refractivity contribution in [1.29, 1.82) is 0 Å². The van der Waals surface area contributed by atoms with Crippen LogP contribution in [0.3, 0.4) is 0 Å². The molecule has 0 bridgehead atoms. The van der Waals surface area contributed by atoms with E-state index in [4.69, 9.17) is 22.3 Å². The number of nitrogens with two attached hydrogens (primary N) is 3. The first-order valence-electron chi connectivity index (χ1n) is 11.2. The van der Waals surface area contributed by atoms with Crippen LogP contribution in [0.25, 0.3) is 0 Å². The lowest BCUT2D eigenvalue weighted by Crippen LogP contribution is -2.57. The summed E-state index contributed by atoms with van der Waals surface area (Å²) in [6.45, 7) is 4.14. The highest BCUT2D eigenvalue weighted by Crippen LogP contribution is 2.08. The van der Waals surface area contributed by atoms with E-state index in [9.17, 15) is 28.8 Å². The maximum absolute atomic E-state index is 12.9. The van der Waals surface area contributed by atoms with Crippen molar-refractivity contribution in [2.75, 3.05) is 6.54 Å². The van der Waals surface area contributed by atoms with Crippen LogP contribution in [0.2, 0.25) is 0 Å². The Bertz CT molecular complexity index is 716. The van der Waals surface area contributed by atoms with Crippen molar-refractivity contribution in [2.45, 2.75) is 83.0 Å². The van der Waals surface area contributed by atoms with Crippen molar-refractivity contribution in [3.8, 4) is 0 Å². The maximum Gasteiger partial charge on any atom is 0.305 e. The van der Waals surface area contributed by atoms with Crippen LogP contribution in [0.5, 0.6) is 0 Å². The third-order valence-corrected chi connectivity index (χ3v) is 4.80. The highest BCUT2D eigenvalue weighted by molar-refractivity contribution is 5.94. The predicted octanol–water partition coefficient (Wildman–Crippen LogP) is -2.21. The van der Waals surface area contributed by atoms with Crippen molar-refractivity contribution in [1.82, 2.24) is 16.0 Å². The first-order chi connectivity index (χ1) is 15.9. The highest BCUT2D eigenvalue weighted by Gasteiger charge is 2.30. The second-order valence-corrected chi connectivity index (χ2v) is 8.42. The van der Waals surface area contributed by atoms with Gasteiger partial charge in [-0.2, -0.15) is 0 Å². The fourth-order valence-electron chi connectivity index (χ4n) is 3.02. The van der Waals surface area contributed by atoms with Crippen LogP contribution in [-0.4, -0.2) is 71.7 Å². The van der Waals surface area contributed by atoms with Crippen LogP contribution in [0.1, 0.15) is 58.8 Å². The van der Waals surface area contributed by atoms with E-state index in [2.05, 4.69) is 16.0 Å². The third kappa shape index (κ3) is 13.5. The molecule has 0 aliphatic rings. The Balaban J connectivity index is 5.42. The molecule has 1 radical (unpaired) electrons. The molecule has 0 aromatic carbocycles. The van der Waals surface area contributed by atoms with Gasteiger partial charge < -0.3 is 38.3 Å². The smallest absolute Gasteiger partial charge is 0.305 e. The van der Waals surface area contributed by atoms with E-state index in [0.717, 1.165) is 0 Å². The Hall–Kier alpha value is -3.06. The van der Waals surface area contributed by atoms with Gasteiger partial charge in [0, 0.05) is 6.42 Å². The lowest BCUT2D eigenvalue weighted by molar-refractivity contribution is -0.137. The summed E-state index contributed by atoms with van der Waals surface area (Å²) in [7, 11) is 0. The molecule has 0 saturated heterocycles. The summed E-state index contributed by atoms with van der Waals surface area (Å²) in [5, 5.41) is 16.0. The van der Waals surface area contributed by atoms with Crippen molar-refractivity contribution in [3.63, 3.8) is 0 Å². The van der Waals surface area contributed by atoms with Crippen LogP contribution < -0.4 is 33.2 Å². The molecule has 0 heterocycles. The number of nitrogens with one attached hydrogen (secondary N) is 3. The maximum atomic E-state index is 12.9. The lowest BCUT2D eigenvalue weighted by atomic mass is 10.0. The van der Waals surface area contributed by atoms with Gasteiger partial charge in [-0.25, -0.2) is 0 Å². The molecule has 34 heavy (non-hydrogen) atoms. The van der Waals surface area contributed by atoms with Crippen LogP contribution in [0, 0.1) is 5.92 Å². The fourth-order valence-corrected chi connectivity index (χ4v) is 3.02. The van der Waals surface area contributed by atoms with Crippen molar-refractivity contribution >= 4 is 35.9 Å². The second-order valence-electron chi connectivity index (χ2n) is 8.42. The first-order valence-corrected chi connectivity index (χ1v) is 11.2. The average molecular weight is 486 g/mol. The van der Waals surface area contributed by atoms with Gasteiger partial charge in [0.2, 0.25) is 29.9 Å². The predicted molar refractivity (Wildman–Crippen MR) is 123 cm³/mol. The largest absolute Gasteiger partial charge is 0.481 e. The summed E-state index contributed by atoms with van der Waals surface area (Å²) in [4.78, 5) is 71.0. The topological polar surface area (TPSA) is 237 Å². The van der Waals surface area contributed by atoms with Crippen molar-refractivity contribution < 1.29 is 33.9 Å². The van der Waals surface area contributed by atoms with Gasteiger partial charge in [0.05, 0.1) is 12.5 Å². The van der Waals surface area contributed by atoms with Gasteiger partial charge in [-0.1, -0.05) is 20.3 Å². The summed E-state index contributed by atoms with van der Waals surface area (Å²) < 4.78 is 0. The number of unbranched alkanes of at least 4 members (excludes halogenated alkanes) is 1. The molecule has 0 unspecified atom stereocenters. The normalized spacial score (nSPS) is 14.4. The SMILES string of the molecule is CC(C)C[C@H](NC(=O)[C@@H](N)CCCCN)C(=O)N[C@@H](CCC(N)=O)C(=O)N[C@H]([C]=O)CC(=O)O. The zero-order valence-corrected chi connectivity index (χ0v) is 19.7. The number of amides is 4. The van der Waals surface area contributed by atoms with Gasteiger partial charge in [-0.15, -0.1) is 0 Å². The Labute approximate surface area is 198 Å². The van der Waals surface area contributed by atoms with Crippen LogP contribution in [-0.2, 0) is 28.8 Å². The standard InChI is InChI=1S/C21H37N6O7/c1-12(2)9-16(27-19(32)14(23)5-3-4-8-22)21(34)26-15(6-7-17(24)29)20(33)25-13(11-28)10-18(30)31/h12-16H,3-10,22-23H2,1-2H3,(H2,24,29)(H,25,33)(H,26,34)(H,27,32)(H,30,31)/t13-,14-,15-,16-/m0/s1. The molecule has 13 heteroatoms. The molecule has 0 aliphatic carbocycles. The van der Waals surface area contributed by atoms with Crippen LogP contribution in [0.15, 0.2) is 0 Å². The molecule has 0 fully saturated rings. The van der Waals surface area contributed by atoms with E-state index >= 15 is 0 Å². The first kappa shape index (κ1) is 30.9. The molecule has 0 rings (SSSR count). The summed E-state index contributed by atoms with van der Waals surface area (Å²) in [5.74, 6) is -4.21. The number of hydrogen-bond donors (Lipinski definition) is 7. The molecule has 193 valence electrons. The van der Waals surface area contributed by atoms with E-state index in [1.807, 2.05) is 13.8 Å². The Morgan fingerprint density at radius 2 is 1.50 bits per heavy atom. The molecule has 0 aromatic rings. The number of carboxylic acids is 1. The molecule has 13 nitrogen and oxygen atoms in total. The van der Waals surface area contributed by atoms with Gasteiger partial charge in [-0.3, -0.25) is 28.8 Å². The molecule has 4 amide bonds. The summed E-state index contributed by atoms with van der Waals surface area (Å²) in [6.07, 6.45) is 2.20. The van der Waals surface area contributed by atoms with Gasteiger partial charge in [0.25, 0.3) is 0 Å². The monoisotopic (exact) mass is 485 g/mol. The van der Waals surface area contributed by atoms with E-state index in [-0.39, 0.29) is 25.2 Å². The van der Waals surface area contributed by atoms with E-state index in [1.165, 1.54) is 6.29 Å². The molecule has 0 aliphatic heterocycles. The Morgan fingerprint density at radius 1 is 0.912 bits per heavy atom. The van der Waals surface area contributed by atoms with Gasteiger partial charge in [0.15, 0.2) is 0 Å². The van der Waals surface area contributed by atoms with Crippen molar-refractivity contribution in [2.24, 2.45) is 23.1 Å². The van der Waals surface area contributed by atoms with Gasteiger partial charge in [0.1, 0.15) is 18.1 Å². The number of primary amides is 1. The van der Waals surface area contributed by atoms with Crippen molar-refractivity contribution in [3.05, 3.63) is 0 Å². The van der Waals surface area contributed by atoms with E-state index in [1.54, 1.807) is 0 Å². The van der Waals surface area contributed by atoms with Crippen LogP contribution >= 0.6 is 0 Å². The number of carbonyl (C=O) groups excluding carboxylic acids is 5. The molecular formula is C21H37N6O7. The average Bonchev–Trinajstić information content (AvgIpc) is 2.74. The molecule has 0 saturated carbocycles. The summed E-state index contributed by atoms with van der Waals surface area (Å²) in [5.41, 5.74) is 16.5. The van der Waals surface area contributed by atoms with Gasteiger partial charge >= 0.3 is 5.97 Å². The zero-order valence-electron chi connectivity index (χ0n) is 19.7. The number of carboxylic acid groups (broad SMARTS) is 1. The number of rotatable bonds is 18. The summed E-state index contributed by atoms with van der Waals surface area (Å²) in [6, 6.07) is -4.63. The molecule has 4 atom stereocenters. The lowest BCUT2D eigenvalue weighted by Gasteiger charge is -2.25. The molecule has 0 aromatic heterocycles. The molecule has 10 N–H and O–H groups in total. The molecule has 0 spiro atoms. The van der Waals surface area contributed by atoms with E-state index in [0.29, 0.717) is 25.8 Å². The Kier molecular flexibility index (Phi) is 15.0. The minimum Gasteiger partial charge on any atom is -0.481 e. The van der Waals surface area contributed by atoms with Gasteiger partial charge in [-0.05, 0) is 38.1 Å².